The molecule has 2 N–H and O–H groups in total. The summed E-state index contributed by atoms with van der Waals surface area (Å²) in [6.07, 6.45) is 5.43. The van der Waals surface area contributed by atoms with Crippen LogP contribution in [0.4, 0.5) is 4.39 Å². The number of H-pyrrole nitrogens is 2. The van der Waals surface area contributed by atoms with Crippen molar-refractivity contribution in [2.75, 3.05) is 0 Å². The van der Waals surface area contributed by atoms with Gasteiger partial charge in [0.2, 0.25) is 0 Å². The topological polar surface area (TPSA) is 88.1 Å². The zero-order chi connectivity index (χ0) is 20.2. The molecule has 0 saturated carbocycles. The number of pyridine rings is 2. The van der Waals surface area contributed by atoms with E-state index >= 15 is 0 Å². The van der Waals surface area contributed by atoms with Gasteiger partial charge in [-0.2, -0.15) is 14.6 Å². The number of halogens is 1. The summed E-state index contributed by atoms with van der Waals surface area (Å²) < 4.78 is 15.3. The molecular formula is C21H14FN7S. The van der Waals surface area contributed by atoms with Crippen molar-refractivity contribution < 1.29 is 4.39 Å². The maximum Gasteiger partial charge on any atom is 0.177 e. The molecule has 0 aliphatic heterocycles. The molecule has 6 rings (SSSR count). The molecule has 6 heterocycles. The monoisotopic (exact) mass is 415 g/mol. The van der Waals surface area contributed by atoms with Gasteiger partial charge in [-0.05, 0) is 36.4 Å². The highest BCUT2D eigenvalue weighted by Crippen LogP contribution is 2.35. The molecule has 30 heavy (non-hydrogen) atoms. The molecule has 7 nitrogen and oxygen atoms in total. The first-order valence-electron chi connectivity index (χ1n) is 9.24. The van der Waals surface area contributed by atoms with Gasteiger partial charge in [0, 0.05) is 35.9 Å². The molecular weight excluding hydrogens is 401 g/mol. The summed E-state index contributed by atoms with van der Waals surface area (Å²) >= 11 is 1.08. The van der Waals surface area contributed by atoms with Crippen molar-refractivity contribution in [1.29, 1.82) is 0 Å². The van der Waals surface area contributed by atoms with Gasteiger partial charge in [-0.25, -0.2) is 4.98 Å². The van der Waals surface area contributed by atoms with E-state index < -0.39 is 0 Å². The normalized spacial score (nSPS) is 11.7. The minimum atomic E-state index is -0.231. The van der Waals surface area contributed by atoms with Gasteiger partial charge in [0.1, 0.15) is 11.2 Å². The summed E-state index contributed by atoms with van der Waals surface area (Å²) in [5.41, 5.74) is 6.56. The molecule has 0 aliphatic rings. The Labute approximate surface area is 173 Å². The Balaban J connectivity index is 1.52. The van der Waals surface area contributed by atoms with Crippen LogP contribution in [0.3, 0.4) is 0 Å². The molecule has 0 amide bonds. The summed E-state index contributed by atoms with van der Waals surface area (Å²) in [6.45, 7) is 0. The van der Waals surface area contributed by atoms with Gasteiger partial charge in [0.15, 0.2) is 5.13 Å². The Kier molecular flexibility index (Phi) is 3.59. The second-order valence-electron chi connectivity index (χ2n) is 6.98. The molecule has 0 aliphatic carbocycles. The van der Waals surface area contributed by atoms with Crippen LogP contribution in [0.25, 0.3) is 55.2 Å². The quantitative estimate of drug-likeness (QED) is 0.436. The third-order valence-corrected chi connectivity index (χ3v) is 5.90. The first-order chi connectivity index (χ1) is 14.7. The Morgan fingerprint density at radius 1 is 1.07 bits per heavy atom. The molecule has 146 valence electrons. The second-order valence-corrected chi connectivity index (χ2v) is 8.01. The fourth-order valence-corrected chi connectivity index (χ4v) is 4.36. The highest BCUT2D eigenvalue weighted by molar-refractivity contribution is 7.13. The van der Waals surface area contributed by atoms with Crippen LogP contribution >= 0.6 is 11.3 Å². The van der Waals surface area contributed by atoms with Crippen LogP contribution in [0.15, 0.2) is 55.0 Å². The van der Waals surface area contributed by atoms with E-state index in [2.05, 4.69) is 25.3 Å². The molecule has 0 bridgehead atoms. The van der Waals surface area contributed by atoms with Crippen LogP contribution in [-0.4, -0.2) is 34.9 Å². The summed E-state index contributed by atoms with van der Waals surface area (Å²) in [4.78, 5) is 13.5. The fourth-order valence-electron chi connectivity index (χ4n) is 3.62. The Morgan fingerprint density at radius 2 is 2.00 bits per heavy atom. The number of hydrogen-bond donors (Lipinski definition) is 2. The minimum absolute atomic E-state index is 0.231. The third-order valence-electron chi connectivity index (χ3n) is 5.02. The number of nitrogens with one attached hydrogen (secondary N) is 2. The number of aryl methyl sites for hydroxylation is 1. The average Bonchev–Trinajstić information content (AvgIpc) is 3.52. The molecule has 9 heteroatoms. The predicted octanol–water partition coefficient (Wildman–Crippen LogP) is 4.77. The summed E-state index contributed by atoms with van der Waals surface area (Å²) in [5, 5.41) is 12.4. The van der Waals surface area contributed by atoms with E-state index in [1.807, 2.05) is 37.5 Å². The maximum absolute atomic E-state index is 13.5. The maximum atomic E-state index is 13.5. The first kappa shape index (κ1) is 17.0. The van der Waals surface area contributed by atoms with Crippen molar-refractivity contribution in [3.05, 3.63) is 60.1 Å². The van der Waals surface area contributed by atoms with Gasteiger partial charge in [-0.15, -0.1) is 11.3 Å². The van der Waals surface area contributed by atoms with Crippen LogP contribution < -0.4 is 0 Å². The molecule has 0 spiro atoms. The van der Waals surface area contributed by atoms with Crippen molar-refractivity contribution in [2.24, 2.45) is 7.05 Å². The fraction of sp³-hybridized carbons (Fsp3) is 0.0476. The van der Waals surface area contributed by atoms with Crippen LogP contribution in [0.2, 0.25) is 0 Å². The number of nitrogens with zero attached hydrogens (tertiary/aromatic N) is 5. The van der Waals surface area contributed by atoms with Crippen LogP contribution in [0, 0.1) is 5.13 Å². The summed E-state index contributed by atoms with van der Waals surface area (Å²) in [7, 11) is 1.88. The lowest BCUT2D eigenvalue weighted by atomic mass is 10.1. The first-order valence-corrected chi connectivity index (χ1v) is 10.1. The Bertz CT molecular complexity index is 1540. The van der Waals surface area contributed by atoms with Crippen molar-refractivity contribution in [3.63, 3.8) is 0 Å². The van der Waals surface area contributed by atoms with E-state index in [4.69, 9.17) is 4.98 Å². The Morgan fingerprint density at radius 3 is 2.80 bits per heavy atom. The predicted molar refractivity (Wildman–Crippen MR) is 114 cm³/mol. The molecule has 0 atom stereocenters. The molecule has 0 radical (unpaired) electrons. The number of rotatable bonds is 3. The van der Waals surface area contributed by atoms with E-state index in [9.17, 15) is 4.39 Å². The molecule has 6 aromatic heterocycles. The lowest BCUT2D eigenvalue weighted by Gasteiger charge is -1.98. The summed E-state index contributed by atoms with van der Waals surface area (Å²) in [6, 6.07) is 11.0. The van der Waals surface area contributed by atoms with Crippen LogP contribution in [0.1, 0.15) is 0 Å². The standard InChI is InChI=1S/C21H14FN7S/c1-29-10-11(9-24-29)13-2-3-15-20(26-13)21(28-27-15)16-8-12-14(25-16)6-7-23-19(12)17-4-5-18(22)30-17/h2-10,25H,1H3,(H,27,28). The Hall–Kier alpha value is -3.85. The van der Waals surface area contributed by atoms with Crippen molar-refractivity contribution in [1.82, 2.24) is 34.9 Å². The molecule has 0 aromatic carbocycles. The van der Waals surface area contributed by atoms with Gasteiger partial charge < -0.3 is 4.98 Å². The van der Waals surface area contributed by atoms with Crippen molar-refractivity contribution >= 4 is 33.3 Å². The smallest absolute Gasteiger partial charge is 0.177 e. The number of fused-ring (bicyclic) bond motifs is 2. The molecule has 6 aromatic rings. The third kappa shape index (κ3) is 2.63. The molecule has 0 fully saturated rings. The van der Waals surface area contributed by atoms with E-state index in [-0.39, 0.29) is 5.13 Å². The second kappa shape index (κ2) is 6.33. The highest BCUT2D eigenvalue weighted by Gasteiger charge is 2.16. The van der Waals surface area contributed by atoms with Gasteiger partial charge in [0.05, 0.1) is 33.7 Å². The van der Waals surface area contributed by atoms with Gasteiger partial charge in [0.25, 0.3) is 0 Å². The molecule has 0 saturated heterocycles. The van der Waals surface area contributed by atoms with Gasteiger partial charge >= 0.3 is 0 Å². The average molecular weight is 415 g/mol. The van der Waals surface area contributed by atoms with Gasteiger partial charge in [-0.3, -0.25) is 14.8 Å². The van der Waals surface area contributed by atoms with E-state index in [1.165, 1.54) is 6.07 Å². The number of thiophene rings is 1. The van der Waals surface area contributed by atoms with Crippen molar-refractivity contribution in [3.8, 4) is 33.2 Å². The zero-order valence-electron chi connectivity index (χ0n) is 15.7. The summed E-state index contributed by atoms with van der Waals surface area (Å²) in [5.74, 6) is 0. The largest absolute Gasteiger partial charge is 0.353 e. The minimum Gasteiger partial charge on any atom is -0.353 e. The lowest BCUT2D eigenvalue weighted by molar-refractivity contribution is 0.657. The number of aromatic amines is 2. The highest BCUT2D eigenvalue weighted by atomic mass is 32.1. The van der Waals surface area contributed by atoms with Crippen LogP contribution in [-0.2, 0) is 7.05 Å². The SMILES string of the molecule is Cn1cc(-c2ccc3[nH]nc(-c4cc5c(-c6ccc(F)s6)nccc5[nH]4)c3n2)cn1. The number of hydrogen-bond acceptors (Lipinski definition) is 5. The van der Waals surface area contributed by atoms with Crippen LogP contribution in [0.5, 0.6) is 0 Å². The van der Waals surface area contributed by atoms with Gasteiger partial charge in [-0.1, -0.05) is 0 Å². The van der Waals surface area contributed by atoms with Crippen molar-refractivity contribution in [2.45, 2.75) is 0 Å². The zero-order valence-corrected chi connectivity index (χ0v) is 16.5. The van der Waals surface area contributed by atoms with E-state index in [0.29, 0.717) is 0 Å². The molecule has 0 unspecified atom stereocenters. The lowest BCUT2D eigenvalue weighted by Crippen LogP contribution is -1.86. The van der Waals surface area contributed by atoms with E-state index in [1.54, 1.807) is 23.1 Å². The van der Waals surface area contributed by atoms with E-state index in [0.717, 1.165) is 66.5 Å². The number of aromatic nitrogens is 7.